The number of rotatable bonds is 4. The van der Waals surface area contributed by atoms with E-state index in [4.69, 9.17) is 11.6 Å². The van der Waals surface area contributed by atoms with E-state index in [0.717, 1.165) is 54.7 Å². The molecule has 28 heavy (non-hydrogen) atoms. The van der Waals surface area contributed by atoms with Gasteiger partial charge in [0.05, 0.1) is 11.7 Å². The molecule has 0 saturated heterocycles. The van der Waals surface area contributed by atoms with Gasteiger partial charge in [-0.1, -0.05) is 0 Å². The first-order valence-corrected chi connectivity index (χ1v) is 10.6. The number of nitrogens with zero attached hydrogens (tertiary/aromatic N) is 3. The number of aromatic nitrogens is 2. The Bertz CT molecular complexity index is 937. The molecule has 1 aromatic carbocycles. The fourth-order valence-electron chi connectivity index (χ4n) is 4.96. The molecule has 1 aliphatic carbocycles. The molecule has 1 unspecified atom stereocenters. The van der Waals surface area contributed by atoms with Gasteiger partial charge >= 0.3 is 0 Å². The zero-order chi connectivity index (χ0) is 20.0. The Balaban J connectivity index is 1.67. The molecule has 2 aliphatic rings. The van der Waals surface area contributed by atoms with Crippen molar-refractivity contribution in [2.75, 3.05) is 5.88 Å². The summed E-state index contributed by atoms with van der Waals surface area (Å²) in [5.41, 5.74) is 5.86. The molecule has 4 rings (SSSR count). The van der Waals surface area contributed by atoms with Gasteiger partial charge in [0, 0.05) is 31.3 Å². The molecule has 2 heterocycles. The summed E-state index contributed by atoms with van der Waals surface area (Å²) >= 11 is 5.94. The van der Waals surface area contributed by atoms with Crippen LogP contribution in [-0.2, 0) is 37.1 Å². The van der Waals surface area contributed by atoms with E-state index in [1.807, 2.05) is 27.0 Å². The number of amides is 1. The number of alkyl halides is 1. The molecular formula is C22H27ClFN3O. The van der Waals surface area contributed by atoms with Crippen molar-refractivity contribution in [1.82, 2.24) is 14.5 Å². The lowest BCUT2D eigenvalue weighted by Gasteiger charge is -2.35. The highest BCUT2D eigenvalue weighted by Gasteiger charge is 2.31. The summed E-state index contributed by atoms with van der Waals surface area (Å²) < 4.78 is 17.4. The molecule has 150 valence electrons. The van der Waals surface area contributed by atoms with Crippen LogP contribution in [0.5, 0.6) is 0 Å². The van der Waals surface area contributed by atoms with Crippen LogP contribution in [0.3, 0.4) is 0 Å². The van der Waals surface area contributed by atoms with Crippen LogP contribution in [0, 0.1) is 26.6 Å². The van der Waals surface area contributed by atoms with Crippen LogP contribution in [0.15, 0.2) is 6.20 Å². The van der Waals surface area contributed by atoms with Crippen molar-refractivity contribution in [3.05, 3.63) is 51.3 Å². The molecule has 0 saturated carbocycles. The molecule has 0 bridgehead atoms. The van der Waals surface area contributed by atoms with Crippen LogP contribution >= 0.6 is 11.6 Å². The Kier molecular flexibility index (Phi) is 5.21. The number of carbonyl (C=O) groups is 1. The highest BCUT2D eigenvalue weighted by atomic mass is 35.5. The fourth-order valence-corrected chi connectivity index (χ4v) is 5.11. The summed E-state index contributed by atoms with van der Waals surface area (Å²) in [6.07, 6.45) is 6.69. The molecule has 1 aliphatic heterocycles. The van der Waals surface area contributed by atoms with Crippen LogP contribution in [0.1, 0.15) is 52.2 Å². The van der Waals surface area contributed by atoms with Crippen LogP contribution in [0.2, 0.25) is 0 Å². The zero-order valence-corrected chi connectivity index (χ0v) is 17.6. The number of hydrogen-bond donors (Lipinski definition) is 0. The van der Waals surface area contributed by atoms with Gasteiger partial charge < -0.3 is 9.47 Å². The second kappa shape index (κ2) is 7.51. The highest BCUT2D eigenvalue weighted by molar-refractivity contribution is 6.27. The Morgan fingerprint density at radius 3 is 2.68 bits per heavy atom. The number of halogens is 2. The molecule has 6 heteroatoms. The van der Waals surface area contributed by atoms with Gasteiger partial charge in [0.25, 0.3) is 0 Å². The van der Waals surface area contributed by atoms with Gasteiger partial charge in [0.2, 0.25) is 5.91 Å². The number of benzene rings is 1. The Hall–Kier alpha value is -1.88. The molecule has 1 aromatic heterocycles. The SMILES string of the molecule is Cc1cn2c(n1)CCC(N(Cc1c(C)c3c(c(C)c1F)CCC3)C(=O)CCl)C2. The van der Waals surface area contributed by atoms with Crippen molar-refractivity contribution in [2.45, 2.75) is 72.0 Å². The van der Waals surface area contributed by atoms with Gasteiger partial charge in [-0.3, -0.25) is 4.79 Å². The first-order valence-electron chi connectivity index (χ1n) is 10.1. The predicted octanol–water partition coefficient (Wildman–Crippen LogP) is 4.02. The average molecular weight is 404 g/mol. The number of carbonyl (C=O) groups excluding carboxylic acids is 1. The van der Waals surface area contributed by atoms with Gasteiger partial charge in [-0.05, 0) is 68.7 Å². The van der Waals surface area contributed by atoms with E-state index in [1.54, 1.807) is 4.90 Å². The quantitative estimate of drug-likeness (QED) is 0.723. The summed E-state index contributed by atoms with van der Waals surface area (Å²) in [5, 5.41) is 0. The van der Waals surface area contributed by atoms with Crippen molar-refractivity contribution in [1.29, 1.82) is 0 Å². The summed E-state index contributed by atoms with van der Waals surface area (Å²) in [7, 11) is 0. The fraction of sp³-hybridized carbons (Fsp3) is 0.545. The van der Waals surface area contributed by atoms with Crippen molar-refractivity contribution < 1.29 is 9.18 Å². The second-order valence-electron chi connectivity index (χ2n) is 8.15. The van der Waals surface area contributed by atoms with E-state index in [0.29, 0.717) is 12.1 Å². The molecule has 4 nitrogen and oxygen atoms in total. The van der Waals surface area contributed by atoms with Gasteiger partial charge in [0.15, 0.2) is 0 Å². The first kappa shape index (κ1) is 19.4. The minimum absolute atomic E-state index is 0.000268. The Morgan fingerprint density at radius 1 is 1.25 bits per heavy atom. The second-order valence-corrected chi connectivity index (χ2v) is 8.42. The summed E-state index contributed by atoms with van der Waals surface area (Å²) in [4.78, 5) is 19.1. The lowest BCUT2D eigenvalue weighted by Crippen LogP contribution is -2.45. The van der Waals surface area contributed by atoms with Crippen LogP contribution in [0.25, 0.3) is 0 Å². The summed E-state index contributed by atoms with van der Waals surface area (Å²) in [6, 6.07) is -0.000268. The van der Waals surface area contributed by atoms with Crippen molar-refractivity contribution >= 4 is 17.5 Å². The predicted molar refractivity (Wildman–Crippen MR) is 108 cm³/mol. The van der Waals surface area contributed by atoms with Crippen LogP contribution in [-0.4, -0.2) is 32.3 Å². The van der Waals surface area contributed by atoms with E-state index in [9.17, 15) is 4.79 Å². The smallest absolute Gasteiger partial charge is 0.238 e. The molecule has 1 atom stereocenters. The van der Waals surface area contributed by atoms with Crippen molar-refractivity contribution in [3.8, 4) is 0 Å². The molecule has 0 spiro atoms. The minimum atomic E-state index is -0.152. The number of aryl methyl sites for hydroxylation is 2. The van der Waals surface area contributed by atoms with E-state index in [-0.39, 0.29) is 30.2 Å². The molecular weight excluding hydrogens is 377 g/mol. The number of imidazole rings is 1. The summed E-state index contributed by atoms with van der Waals surface area (Å²) in [6.45, 7) is 6.82. The minimum Gasteiger partial charge on any atom is -0.333 e. The largest absolute Gasteiger partial charge is 0.333 e. The molecule has 0 fully saturated rings. The lowest BCUT2D eigenvalue weighted by molar-refractivity contribution is -0.132. The molecule has 0 N–H and O–H groups in total. The van der Waals surface area contributed by atoms with Crippen molar-refractivity contribution in [3.63, 3.8) is 0 Å². The number of hydrogen-bond acceptors (Lipinski definition) is 2. The third-order valence-corrected chi connectivity index (χ3v) is 6.69. The van der Waals surface area contributed by atoms with Crippen molar-refractivity contribution in [2.24, 2.45) is 0 Å². The molecule has 2 aromatic rings. The van der Waals surface area contributed by atoms with Crippen LogP contribution in [0.4, 0.5) is 4.39 Å². The normalized spacial score (nSPS) is 18.1. The third kappa shape index (κ3) is 3.24. The molecule has 0 radical (unpaired) electrons. The standard InChI is InChI=1S/C22H27ClFN3O/c1-13-10-26-11-16(7-8-20(26)25-13)27(21(28)9-23)12-19-14(2)17-5-4-6-18(17)15(3)22(19)24/h10,16H,4-9,11-12H2,1-3H3. The van der Waals surface area contributed by atoms with E-state index >= 15 is 4.39 Å². The van der Waals surface area contributed by atoms with E-state index in [1.165, 1.54) is 11.1 Å². The van der Waals surface area contributed by atoms with Gasteiger partial charge in [-0.15, -0.1) is 11.6 Å². The maximum absolute atomic E-state index is 15.3. The molecule has 1 amide bonds. The van der Waals surface area contributed by atoms with Gasteiger partial charge in [0.1, 0.15) is 17.5 Å². The summed E-state index contributed by atoms with van der Waals surface area (Å²) in [5.74, 6) is 0.684. The van der Waals surface area contributed by atoms with E-state index < -0.39 is 0 Å². The zero-order valence-electron chi connectivity index (χ0n) is 16.8. The lowest BCUT2D eigenvalue weighted by atomic mass is 9.93. The maximum atomic E-state index is 15.3. The van der Waals surface area contributed by atoms with Gasteiger partial charge in [-0.25, -0.2) is 9.37 Å². The third-order valence-electron chi connectivity index (χ3n) is 6.46. The maximum Gasteiger partial charge on any atom is 0.238 e. The number of fused-ring (bicyclic) bond motifs is 2. The van der Waals surface area contributed by atoms with Gasteiger partial charge in [-0.2, -0.15) is 0 Å². The monoisotopic (exact) mass is 403 g/mol. The van der Waals surface area contributed by atoms with E-state index in [2.05, 4.69) is 9.55 Å². The Morgan fingerprint density at radius 2 is 1.96 bits per heavy atom. The first-order chi connectivity index (χ1) is 13.4. The van der Waals surface area contributed by atoms with Crippen LogP contribution < -0.4 is 0 Å². The topological polar surface area (TPSA) is 38.1 Å². The highest BCUT2D eigenvalue weighted by Crippen LogP contribution is 2.34. The average Bonchev–Trinajstić information content (AvgIpc) is 3.31. The Labute approximate surface area is 170 Å².